The van der Waals surface area contributed by atoms with Crippen LogP contribution in [0.1, 0.15) is 71.9 Å². The van der Waals surface area contributed by atoms with Gasteiger partial charge in [-0.2, -0.15) is 0 Å². The molecule has 0 radical (unpaired) electrons. The van der Waals surface area contributed by atoms with E-state index in [4.69, 9.17) is 9.47 Å². The molecule has 0 aromatic heterocycles. The molecule has 4 rings (SSSR count). The third-order valence-corrected chi connectivity index (χ3v) is 7.25. The average Bonchev–Trinajstić information content (AvgIpc) is 3.26. The summed E-state index contributed by atoms with van der Waals surface area (Å²) in [7, 11) is 0. The molecule has 3 aliphatic rings. The van der Waals surface area contributed by atoms with Crippen LogP contribution >= 0.6 is 0 Å². The summed E-state index contributed by atoms with van der Waals surface area (Å²) in [6.45, 7) is 7.85. The van der Waals surface area contributed by atoms with Crippen LogP contribution in [-0.4, -0.2) is 82.7 Å². The highest BCUT2D eigenvalue weighted by Gasteiger charge is 2.47. The first-order valence-corrected chi connectivity index (χ1v) is 13.6. The number of carbonyl (C=O) groups excluding carboxylic acids is 4. The molecule has 11 heteroatoms. The van der Waals surface area contributed by atoms with Gasteiger partial charge in [-0.05, 0) is 59.9 Å². The van der Waals surface area contributed by atoms with E-state index in [0.717, 1.165) is 11.3 Å². The molecule has 3 aliphatic heterocycles. The summed E-state index contributed by atoms with van der Waals surface area (Å²) in [6, 6.07) is 5.01. The van der Waals surface area contributed by atoms with Crippen molar-refractivity contribution in [3.63, 3.8) is 0 Å². The predicted octanol–water partition coefficient (Wildman–Crippen LogP) is 2.86. The fourth-order valence-corrected chi connectivity index (χ4v) is 5.51. The normalized spacial score (nSPS) is 25.4. The first-order valence-electron chi connectivity index (χ1n) is 13.6. The Morgan fingerprint density at radius 3 is 2.41 bits per heavy atom. The number of alkyl carbamates (subject to hydrolysis) is 1. The van der Waals surface area contributed by atoms with Crippen molar-refractivity contribution in [1.82, 2.24) is 20.4 Å². The van der Waals surface area contributed by atoms with Gasteiger partial charge in [0.25, 0.3) is 5.91 Å². The molecule has 10 nitrogen and oxygen atoms in total. The minimum Gasteiger partial charge on any atom is -0.493 e. The highest BCUT2D eigenvalue weighted by atomic mass is 19.1. The lowest BCUT2D eigenvalue weighted by Crippen LogP contribution is -2.62. The zero-order chi connectivity index (χ0) is 28.5. The Balaban J connectivity index is 1.56. The number of para-hydroxylation sites is 1. The Bertz CT molecular complexity index is 1110. The van der Waals surface area contributed by atoms with Crippen LogP contribution in [0.2, 0.25) is 0 Å². The zero-order valence-electron chi connectivity index (χ0n) is 23.3. The van der Waals surface area contributed by atoms with Gasteiger partial charge in [0, 0.05) is 24.6 Å². The number of hydrogen-bond donors (Lipinski definition) is 2. The molecule has 0 aliphatic carbocycles. The highest BCUT2D eigenvalue weighted by molar-refractivity contribution is 5.93. The van der Waals surface area contributed by atoms with Crippen molar-refractivity contribution >= 4 is 23.8 Å². The molecular formula is C28H39FN4O6. The van der Waals surface area contributed by atoms with Gasteiger partial charge in [0.1, 0.15) is 23.4 Å². The third-order valence-electron chi connectivity index (χ3n) is 7.25. The van der Waals surface area contributed by atoms with E-state index in [0.29, 0.717) is 32.3 Å². The van der Waals surface area contributed by atoms with E-state index in [1.165, 1.54) is 18.7 Å². The van der Waals surface area contributed by atoms with Crippen molar-refractivity contribution in [2.75, 3.05) is 19.7 Å². The van der Waals surface area contributed by atoms with Crippen molar-refractivity contribution in [1.29, 1.82) is 0 Å². The van der Waals surface area contributed by atoms with E-state index in [1.807, 2.05) is 24.3 Å². The zero-order valence-corrected chi connectivity index (χ0v) is 23.3. The average molecular weight is 547 g/mol. The predicted molar refractivity (Wildman–Crippen MR) is 141 cm³/mol. The van der Waals surface area contributed by atoms with Crippen LogP contribution in [0.3, 0.4) is 0 Å². The Kier molecular flexibility index (Phi) is 8.09. The van der Waals surface area contributed by atoms with Gasteiger partial charge in [0.05, 0.1) is 19.2 Å². The van der Waals surface area contributed by atoms with Gasteiger partial charge in [-0.1, -0.05) is 18.2 Å². The van der Waals surface area contributed by atoms with Crippen molar-refractivity contribution < 1.29 is 33.0 Å². The first kappa shape index (κ1) is 28.6. The number of hydrogen-bond acceptors (Lipinski definition) is 6. The molecule has 0 spiro atoms. The second-order valence-electron chi connectivity index (χ2n) is 11.9. The maximum Gasteiger partial charge on any atom is 0.408 e. The van der Waals surface area contributed by atoms with Crippen LogP contribution in [0.25, 0.3) is 0 Å². The minimum atomic E-state index is -2.14. The van der Waals surface area contributed by atoms with E-state index in [9.17, 15) is 23.6 Å². The number of alkyl halides is 1. The summed E-state index contributed by atoms with van der Waals surface area (Å²) >= 11 is 0. The van der Waals surface area contributed by atoms with Crippen molar-refractivity contribution in [2.24, 2.45) is 0 Å². The molecule has 2 fully saturated rings. The van der Waals surface area contributed by atoms with Crippen LogP contribution < -0.4 is 15.4 Å². The number of nitrogens with one attached hydrogen (secondary N) is 2. The van der Waals surface area contributed by atoms with Gasteiger partial charge >= 0.3 is 6.09 Å². The standard InChI is InChI=1S/C28H39FN4O6/c1-27(2,3)39-26(37)31-20-16-32(25(36)28(4,5)29)14-12-17-10-11-21(33(17)24(20)35)23(34)30-19-13-15-38-22-9-7-6-8-18(19)22/h6-9,17,19-21H,10-16H2,1-5H3,(H,30,34)(H,31,37)/t17-,19-,20+,21+/m1/s1. The van der Waals surface area contributed by atoms with E-state index in [1.54, 1.807) is 25.7 Å². The molecule has 1 aromatic rings. The number of amides is 4. The number of nitrogens with zero attached hydrogens (tertiary/aromatic N) is 2. The summed E-state index contributed by atoms with van der Waals surface area (Å²) in [5, 5.41) is 5.68. The summed E-state index contributed by atoms with van der Waals surface area (Å²) in [6.07, 6.45) is 1.16. The maximum absolute atomic E-state index is 14.6. The molecule has 2 saturated heterocycles. The van der Waals surface area contributed by atoms with E-state index in [-0.39, 0.29) is 31.1 Å². The molecule has 4 amide bonds. The maximum atomic E-state index is 14.6. The lowest BCUT2D eigenvalue weighted by Gasteiger charge is -2.40. The summed E-state index contributed by atoms with van der Waals surface area (Å²) in [4.78, 5) is 55.8. The number of rotatable bonds is 4. The number of halogens is 1. The fourth-order valence-electron chi connectivity index (χ4n) is 5.51. The molecular weight excluding hydrogens is 507 g/mol. The Hall–Kier alpha value is -3.37. The van der Waals surface area contributed by atoms with E-state index >= 15 is 0 Å². The molecule has 0 bridgehead atoms. The van der Waals surface area contributed by atoms with Crippen LogP contribution in [0.5, 0.6) is 5.75 Å². The quantitative estimate of drug-likeness (QED) is 0.600. The Labute approximate surface area is 228 Å². The number of fused-ring (bicyclic) bond motifs is 2. The highest BCUT2D eigenvalue weighted by Crippen LogP contribution is 2.34. The summed E-state index contributed by atoms with van der Waals surface area (Å²) in [5.74, 6) is -0.805. The monoisotopic (exact) mass is 546 g/mol. The van der Waals surface area contributed by atoms with Gasteiger partial charge in [-0.15, -0.1) is 0 Å². The van der Waals surface area contributed by atoms with Crippen LogP contribution in [-0.2, 0) is 19.1 Å². The van der Waals surface area contributed by atoms with Gasteiger partial charge in [0.15, 0.2) is 5.67 Å². The molecule has 0 saturated carbocycles. The van der Waals surface area contributed by atoms with Gasteiger partial charge in [-0.3, -0.25) is 14.4 Å². The van der Waals surface area contributed by atoms with Gasteiger partial charge in [0.2, 0.25) is 11.8 Å². The molecule has 0 unspecified atom stereocenters. The number of ether oxygens (including phenoxy) is 2. The van der Waals surface area contributed by atoms with Gasteiger partial charge < -0.3 is 29.9 Å². The number of carbonyl (C=O) groups is 4. The molecule has 39 heavy (non-hydrogen) atoms. The second-order valence-corrected chi connectivity index (χ2v) is 11.9. The first-order chi connectivity index (χ1) is 18.2. The Morgan fingerprint density at radius 1 is 1.00 bits per heavy atom. The van der Waals surface area contributed by atoms with Crippen molar-refractivity contribution in [2.45, 2.75) is 95.7 Å². The van der Waals surface area contributed by atoms with Gasteiger partial charge in [-0.25, -0.2) is 9.18 Å². The fraction of sp³-hybridized carbons (Fsp3) is 0.643. The minimum absolute atomic E-state index is 0.189. The molecule has 214 valence electrons. The van der Waals surface area contributed by atoms with Crippen LogP contribution in [0, 0.1) is 0 Å². The number of benzene rings is 1. The molecule has 3 heterocycles. The van der Waals surface area contributed by atoms with Crippen LogP contribution in [0.4, 0.5) is 9.18 Å². The van der Waals surface area contributed by atoms with Crippen LogP contribution in [0.15, 0.2) is 24.3 Å². The lowest BCUT2D eigenvalue weighted by molar-refractivity contribution is -0.149. The summed E-state index contributed by atoms with van der Waals surface area (Å²) < 4.78 is 25.7. The molecule has 4 atom stereocenters. The van der Waals surface area contributed by atoms with E-state index in [2.05, 4.69) is 10.6 Å². The van der Waals surface area contributed by atoms with E-state index < -0.39 is 41.3 Å². The second kappa shape index (κ2) is 11.0. The van der Waals surface area contributed by atoms with Crippen molar-refractivity contribution in [3.05, 3.63) is 29.8 Å². The molecule has 1 aromatic carbocycles. The largest absolute Gasteiger partial charge is 0.493 e. The lowest BCUT2D eigenvalue weighted by atomic mass is 10.00. The molecule has 2 N–H and O–H groups in total. The third kappa shape index (κ3) is 6.62. The smallest absolute Gasteiger partial charge is 0.408 e. The van der Waals surface area contributed by atoms with Crippen molar-refractivity contribution in [3.8, 4) is 5.75 Å². The summed E-state index contributed by atoms with van der Waals surface area (Å²) in [5.41, 5.74) is -2.07. The topological polar surface area (TPSA) is 117 Å². The SMILES string of the molecule is CC(C)(C)OC(=O)N[C@H]1CN(C(=O)C(C)(C)F)CC[C@H]2CC[C@@H](C(=O)N[C@@H]3CCOc4ccccc43)N2C1=O. The Morgan fingerprint density at radius 2 is 1.72 bits per heavy atom.